The third kappa shape index (κ3) is 7.19. The monoisotopic (exact) mass is 290 g/mol. The van der Waals surface area contributed by atoms with Gasteiger partial charge in [0, 0.05) is 27.4 Å². The summed E-state index contributed by atoms with van der Waals surface area (Å²) < 4.78 is 26.9. The Hall–Kier alpha value is -0.243. The van der Waals surface area contributed by atoms with E-state index in [9.17, 15) is 0 Å². The van der Waals surface area contributed by atoms with Gasteiger partial charge in [-0.25, -0.2) is 0 Å². The molecule has 1 heterocycles. The molecule has 1 saturated heterocycles. The third-order valence-corrected chi connectivity index (χ3v) is 5.33. The van der Waals surface area contributed by atoms with Gasteiger partial charge in [0.25, 0.3) is 0 Å². The van der Waals surface area contributed by atoms with Crippen LogP contribution >= 0.6 is 0 Å². The van der Waals surface area contributed by atoms with Crippen LogP contribution < -0.4 is 0 Å². The molecule has 0 aromatic rings. The molecule has 1 aliphatic heterocycles. The lowest BCUT2D eigenvalue weighted by atomic mass is 10.1. The molecule has 6 heteroatoms. The van der Waals surface area contributed by atoms with Gasteiger partial charge in [-0.3, -0.25) is 0 Å². The fraction of sp³-hybridized carbons (Fsp3) is 0.846. The molecular weight excluding hydrogens is 264 g/mol. The largest absolute Gasteiger partial charge is 0.497 e. The maximum atomic E-state index is 5.77. The van der Waals surface area contributed by atoms with Crippen molar-refractivity contribution in [3.05, 3.63) is 12.2 Å². The molecule has 1 fully saturated rings. The first-order chi connectivity index (χ1) is 9.13. The van der Waals surface area contributed by atoms with Crippen molar-refractivity contribution in [2.24, 2.45) is 5.92 Å². The smallest absolute Gasteiger partial charge is 0.377 e. The zero-order valence-electron chi connectivity index (χ0n) is 12.4. The van der Waals surface area contributed by atoms with Crippen LogP contribution in [0.4, 0.5) is 0 Å². The molecule has 5 nitrogen and oxygen atoms in total. The number of hydrogen-bond acceptors (Lipinski definition) is 5. The van der Waals surface area contributed by atoms with Gasteiger partial charge in [0.2, 0.25) is 0 Å². The Morgan fingerprint density at radius 2 is 2.05 bits per heavy atom. The summed E-state index contributed by atoms with van der Waals surface area (Å²) in [4.78, 5) is 0. The lowest BCUT2D eigenvalue weighted by Gasteiger charge is -2.24. The molecule has 0 amide bonds. The molecule has 0 spiro atoms. The molecular formula is C13H26O5Si. The molecule has 0 bridgehead atoms. The van der Waals surface area contributed by atoms with Crippen LogP contribution in [0.15, 0.2) is 12.2 Å². The lowest BCUT2D eigenvalue weighted by Crippen LogP contribution is -2.41. The van der Waals surface area contributed by atoms with Crippen LogP contribution in [0.1, 0.15) is 13.3 Å². The minimum absolute atomic E-state index is 0.328. The van der Waals surface area contributed by atoms with E-state index in [-0.39, 0.29) is 0 Å². The quantitative estimate of drug-likeness (QED) is 0.252. The third-order valence-electron chi connectivity index (χ3n) is 3.15. The van der Waals surface area contributed by atoms with Crippen LogP contribution in [0.3, 0.4) is 0 Å². The molecule has 0 N–H and O–H groups in total. The second kappa shape index (κ2) is 8.83. The second-order valence-electron chi connectivity index (χ2n) is 4.67. The Balaban J connectivity index is 2.17. The summed E-state index contributed by atoms with van der Waals surface area (Å²) in [5.41, 5.74) is 0. The summed E-state index contributed by atoms with van der Waals surface area (Å²) in [6, 6.07) is 0. The Bertz CT molecular complexity index is 264. The summed E-state index contributed by atoms with van der Waals surface area (Å²) in [6.07, 6.45) is 5.51. The molecule has 2 atom stereocenters. The van der Waals surface area contributed by atoms with Crippen LogP contribution in [0.5, 0.6) is 0 Å². The zero-order valence-corrected chi connectivity index (χ0v) is 13.4. The fourth-order valence-electron chi connectivity index (χ4n) is 1.45. The van der Waals surface area contributed by atoms with Gasteiger partial charge in [-0.05, 0) is 12.3 Å². The van der Waals surface area contributed by atoms with Gasteiger partial charge in [-0.15, -0.1) is 0 Å². The lowest BCUT2D eigenvalue weighted by molar-refractivity contribution is 0.0943. The Kier molecular flexibility index (Phi) is 7.82. The van der Waals surface area contributed by atoms with Crippen molar-refractivity contribution < 1.29 is 22.8 Å². The van der Waals surface area contributed by atoms with Gasteiger partial charge in [0.15, 0.2) is 0 Å². The predicted molar refractivity (Wildman–Crippen MR) is 75.1 cm³/mol. The van der Waals surface area contributed by atoms with Crippen molar-refractivity contribution in [1.82, 2.24) is 0 Å². The minimum Gasteiger partial charge on any atom is -0.377 e. The van der Waals surface area contributed by atoms with E-state index in [2.05, 4.69) is 13.0 Å². The van der Waals surface area contributed by atoms with Crippen molar-refractivity contribution >= 4 is 8.80 Å². The first-order valence-electron chi connectivity index (χ1n) is 6.73. The van der Waals surface area contributed by atoms with E-state index in [4.69, 9.17) is 22.8 Å². The number of ether oxygens (including phenoxy) is 2. The van der Waals surface area contributed by atoms with Gasteiger partial charge in [-0.1, -0.05) is 19.1 Å². The van der Waals surface area contributed by atoms with Gasteiger partial charge in [-0.2, -0.15) is 0 Å². The topological polar surface area (TPSA) is 49.5 Å². The highest BCUT2D eigenvalue weighted by molar-refractivity contribution is 6.59. The highest BCUT2D eigenvalue weighted by atomic mass is 28.4. The maximum absolute atomic E-state index is 5.77. The maximum Gasteiger partial charge on any atom is 0.497 e. The summed E-state index contributed by atoms with van der Waals surface area (Å²) >= 11 is 0. The second-order valence-corrected chi connectivity index (χ2v) is 7.50. The van der Waals surface area contributed by atoms with E-state index < -0.39 is 8.80 Å². The highest BCUT2D eigenvalue weighted by Crippen LogP contribution is 2.12. The van der Waals surface area contributed by atoms with E-state index in [1.165, 1.54) is 0 Å². The molecule has 1 rings (SSSR count). The van der Waals surface area contributed by atoms with Crippen LogP contribution in [0.2, 0.25) is 6.55 Å². The minimum atomic E-state index is -2.42. The van der Waals surface area contributed by atoms with Crippen molar-refractivity contribution in [3.63, 3.8) is 0 Å². The number of epoxide rings is 1. The Morgan fingerprint density at radius 1 is 1.37 bits per heavy atom. The van der Waals surface area contributed by atoms with Gasteiger partial charge >= 0.3 is 8.80 Å². The first-order valence-corrected chi connectivity index (χ1v) is 8.96. The Morgan fingerprint density at radius 3 is 2.58 bits per heavy atom. The van der Waals surface area contributed by atoms with E-state index >= 15 is 0 Å². The molecule has 0 aromatic carbocycles. The molecule has 19 heavy (non-hydrogen) atoms. The van der Waals surface area contributed by atoms with Crippen molar-refractivity contribution in [1.29, 1.82) is 0 Å². The van der Waals surface area contributed by atoms with E-state index in [0.717, 1.165) is 13.0 Å². The fourth-order valence-corrected chi connectivity index (χ4v) is 2.37. The molecule has 0 radical (unpaired) electrons. The molecule has 0 saturated carbocycles. The van der Waals surface area contributed by atoms with E-state index in [0.29, 0.717) is 31.8 Å². The van der Waals surface area contributed by atoms with Gasteiger partial charge in [0.05, 0.1) is 19.8 Å². The molecule has 2 unspecified atom stereocenters. The summed E-state index contributed by atoms with van der Waals surface area (Å²) in [7, 11) is 0.832. The van der Waals surface area contributed by atoms with Crippen molar-refractivity contribution in [2.45, 2.75) is 26.0 Å². The summed E-state index contributed by atoms with van der Waals surface area (Å²) in [5, 5.41) is 0. The SMILES string of the molecule is CCC(C=CCOCC1CO1)CO[Si](C)(OC)OC. The van der Waals surface area contributed by atoms with Crippen LogP contribution in [-0.2, 0) is 22.8 Å². The molecule has 0 aromatic heterocycles. The van der Waals surface area contributed by atoms with Gasteiger partial charge in [0.1, 0.15) is 6.10 Å². The van der Waals surface area contributed by atoms with E-state index in [1.807, 2.05) is 12.6 Å². The van der Waals surface area contributed by atoms with Crippen LogP contribution in [0.25, 0.3) is 0 Å². The number of hydrogen-bond donors (Lipinski definition) is 0. The van der Waals surface area contributed by atoms with Crippen molar-refractivity contribution in [2.75, 3.05) is 40.6 Å². The standard InChI is InChI=1S/C13H26O5Si/c1-5-12(9-18-19(4,14-2)15-3)7-6-8-16-10-13-11-17-13/h6-7,12-13H,5,8-11H2,1-4H3. The molecule has 0 aliphatic carbocycles. The average Bonchev–Trinajstić information content (AvgIpc) is 3.25. The number of rotatable bonds is 11. The average molecular weight is 290 g/mol. The normalized spacial score (nSPS) is 20.9. The molecule has 1 aliphatic rings. The van der Waals surface area contributed by atoms with E-state index in [1.54, 1.807) is 14.2 Å². The van der Waals surface area contributed by atoms with Crippen molar-refractivity contribution in [3.8, 4) is 0 Å². The van der Waals surface area contributed by atoms with Crippen LogP contribution in [0, 0.1) is 5.92 Å². The summed E-state index contributed by atoms with van der Waals surface area (Å²) in [5.74, 6) is 0.359. The van der Waals surface area contributed by atoms with Gasteiger partial charge < -0.3 is 22.8 Å². The Labute approximate surface area is 117 Å². The highest BCUT2D eigenvalue weighted by Gasteiger charge is 2.32. The zero-order chi connectivity index (χ0) is 14.1. The predicted octanol–water partition coefficient (Wildman–Crippen LogP) is 1.86. The van der Waals surface area contributed by atoms with Crippen LogP contribution in [-0.4, -0.2) is 55.6 Å². The summed E-state index contributed by atoms with van der Waals surface area (Å²) in [6.45, 7) is 6.79. The first kappa shape index (κ1) is 16.8. The molecule has 112 valence electrons.